The van der Waals surface area contributed by atoms with Gasteiger partial charge in [0.2, 0.25) is 5.89 Å². The first kappa shape index (κ1) is 18.3. The topological polar surface area (TPSA) is 74.5 Å². The van der Waals surface area contributed by atoms with Crippen molar-refractivity contribution in [2.24, 2.45) is 0 Å². The number of ether oxygens (including phenoxy) is 2. The lowest BCUT2D eigenvalue weighted by atomic mass is 10.2. The van der Waals surface area contributed by atoms with Crippen molar-refractivity contribution in [2.45, 2.75) is 13.0 Å². The first-order valence-electron chi connectivity index (χ1n) is 8.18. The Morgan fingerprint density at radius 1 is 1.19 bits per heavy atom. The Hall–Kier alpha value is -3.48. The molecule has 0 aliphatic rings. The van der Waals surface area contributed by atoms with E-state index in [1.807, 2.05) is 30.3 Å². The van der Waals surface area contributed by atoms with Gasteiger partial charge in [-0.05, 0) is 42.8 Å². The molecule has 0 spiro atoms. The molecular formula is C20H17FN2O4. The predicted octanol–water partition coefficient (Wildman–Crippen LogP) is 4.20. The molecule has 0 aliphatic carbocycles. The molecule has 27 heavy (non-hydrogen) atoms. The largest absolute Gasteiger partial charge is 0.494 e. The van der Waals surface area contributed by atoms with Gasteiger partial charge in [0.1, 0.15) is 0 Å². The molecule has 3 rings (SSSR count). The van der Waals surface area contributed by atoms with Crippen molar-refractivity contribution in [2.75, 3.05) is 7.11 Å². The summed E-state index contributed by atoms with van der Waals surface area (Å²) >= 11 is 0. The van der Waals surface area contributed by atoms with Crippen LogP contribution < -0.4 is 4.74 Å². The van der Waals surface area contributed by atoms with Crippen LogP contribution in [0.15, 0.2) is 59.0 Å². The summed E-state index contributed by atoms with van der Waals surface area (Å²) in [6.45, 7) is 1.63. The smallest absolute Gasteiger partial charge is 0.331 e. The molecule has 138 valence electrons. The Balaban J connectivity index is 1.62. The van der Waals surface area contributed by atoms with Gasteiger partial charge in [-0.15, -0.1) is 10.2 Å². The van der Waals surface area contributed by atoms with E-state index in [0.717, 1.165) is 5.56 Å². The fourth-order valence-corrected chi connectivity index (χ4v) is 2.31. The Morgan fingerprint density at radius 3 is 2.67 bits per heavy atom. The summed E-state index contributed by atoms with van der Waals surface area (Å²) in [4.78, 5) is 12.0. The van der Waals surface area contributed by atoms with Crippen LogP contribution in [-0.2, 0) is 9.53 Å². The van der Waals surface area contributed by atoms with Crippen molar-refractivity contribution in [3.05, 3.63) is 71.9 Å². The number of benzene rings is 2. The minimum absolute atomic E-state index is 0.133. The minimum Gasteiger partial charge on any atom is -0.494 e. The van der Waals surface area contributed by atoms with Crippen LogP contribution in [0.25, 0.3) is 17.5 Å². The van der Waals surface area contributed by atoms with E-state index >= 15 is 0 Å². The number of halogens is 1. The van der Waals surface area contributed by atoms with Gasteiger partial charge in [0.05, 0.1) is 7.11 Å². The van der Waals surface area contributed by atoms with Crippen molar-refractivity contribution < 1.29 is 23.1 Å². The van der Waals surface area contributed by atoms with Gasteiger partial charge in [0, 0.05) is 11.6 Å². The summed E-state index contributed by atoms with van der Waals surface area (Å²) in [5, 5.41) is 7.87. The van der Waals surface area contributed by atoms with E-state index in [2.05, 4.69) is 10.2 Å². The van der Waals surface area contributed by atoms with Gasteiger partial charge in [0.15, 0.2) is 17.7 Å². The lowest BCUT2D eigenvalue weighted by Gasteiger charge is -2.07. The van der Waals surface area contributed by atoms with Crippen molar-refractivity contribution in [3.63, 3.8) is 0 Å². The zero-order valence-electron chi connectivity index (χ0n) is 14.8. The van der Waals surface area contributed by atoms with Crippen molar-refractivity contribution in [1.82, 2.24) is 10.2 Å². The summed E-state index contributed by atoms with van der Waals surface area (Å²) in [5.41, 5.74) is 1.28. The molecule has 0 saturated carbocycles. The van der Waals surface area contributed by atoms with Crippen LogP contribution in [-0.4, -0.2) is 23.3 Å². The van der Waals surface area contributed by atoms with Gasteiger partial charge < -0.3 is 13.9 Å². The fourth-order valence-electron chi connectivity index (χ4n) is 2.31. The molecule has 2 aromatic carbocycles. The molecule has 0 unspecified atom stereocenters. The Labute approximate surface area is 155 Å². The van der Waals surface area contributed by atoms with Crippen molar-refractivity contribution in [3.8, 4) is 17.2 Å². The molecule has 1 heterocycles. The van der Waals surface area contributed by atoms with Gasteiger partial charge in [0.25, 0.3) is 5.89 Å². The number of carbonyl (C=O) groups excluding carboxylic acids is 1. The first-order valence-corrected chi connectivity index (χ1v) is 8.18. The summed E-state index contributed by atoms with van der Waals surface area (Å²) in [5.74, 6) is -0.461. The molecule has 1 atom stereocenters. The van der Waals surface area contributed by atoms with Gasteiger partial charge in [-0.3, -0.25) is 0 Å². The van der Waals surface area contributed by atoms with Crippen LogP contribution in [0.2, 0.25) is 0 Å². The number of esters is 1. The average molecular weight is 368 g/mol. The Bertz CT molecular complexity index is 954. The van der Waals surface area contributed by atoms with E-state index in [9.17, 15) is 9.18 Å². The molecule has 0 aliphatic heterocycles. The highest BCUT2D eigenvalue weighted by atomic mass is 19.1. The number of methoxy groups -OCH3 is 1. The number of hydrogen-bond donors (Lipinski definition) is 0. The van der Waals surface area contributed by atoms with Crippen LogP contribution in [0.1, 0.15) is 24.5 Å². The molecule has 3 aromatic rings. The van der Waals surface area contributed by atoms with Crippen LogP contribution >= 0.6 is 0 Å². The van der Waals surface area contributed by atoms with Crippen LogP contribution in [0.5, 0.6) is 5.75 Å². The molecule has 0 fully saturated rings. The fraction of sp³-hybridized carbons (Fsp3) is 0.150. The molecule has 0 amide bonds. The minimum atomic E-state index is -0.722. The average Bonchev–Trinajstić information content (AvgIpc) is 3.17. The van der Waals surface area contributed by atoms with Gasteiger partial charge in [-0.25, -0.2) is 9.18 Å². The highest BCUT2D eigenvalue weighted by molar-refractivity contribution is 5.87. The second-order valence-corrected chi connectivity index (χ2v) is 5.62. The SMILES string of the molecule is COc1ccc(/C=C/C(=O)O[C@H](C)c2nnc(-c3ccccc3)o2)cc1F. The number of hydrogen-bond acceptors (Lipinski definition) is 6. The molecule has 0 bridgehead atoms. The predicted molar refractivity (Wildman–Crippen MR) is 96.2 cm³/mol. The van der Waals surface area contributed by atoms with E-state index in [0.29, 0.717) is 11.5 Å². The second-order valence-electron chi connectivity index (χ2n) is 5.62. The zero-order chi connectivity index (χ0) is 19.2. The monoisotopic (exact) mass is 368 g/mol. The summed E-state index contributed by atoms with van der Waals surface area (Å²) in [6, 6.07) is 13.6. The molecule has 0 N–H and O–H groups in total. The van der Waals surface area contributed by atoms with Gasteiger partial charge in [-0.1, -0.05) is 24.3 Å². The number of nitrogens with zero attached hydrogens (tertiary/aromatic N) is 2. The number of carbonyl (C=O) groups is 1. The molecule has 7 heteroatoms. The highest BCUT2D eigenvalue weighted by Crippen LogP contribution is 2.22. The van der Waals surface area contributed by atoms with Crippen LogP contribution in [0.4, 0.5) is 4.39 Å². The quantitative estimate of drug-likeness (QED) is 0.479. The zero-order valence-corrected chi connectivity index (χ0v) is 14.8. The maximum Gasteiger partial charge on any atom is 0.331 e. The van der Waals surface area contributed by atoms with E-state index in [4.69, 9.17) is 13.9 Å². The Morgan fingerprint density at radius 2 is 1.96 bits per heavy atom. The molecule has 1 aromatic heterocycles. The third-order valence-electron chi connectivity index (χ3n) is 3.69. The maximum absolute atomic E-state index is 13.6. The van der Waals surface area contributed by atoms with Crippen molar-refractivity contribution >= 4 is 12.0 Å². The Kier molecular flexibility index (Phi) is 5.61. The third kappa shape index (κ3) is 4.58. The van der Waals surface area contributed by atoms with Crippen LogP contribution in [0.3, 0.4) is 0 Å². The second kappa shape index (κ2) is 8.27. The number of rotatable bonds is 6. The van der Waals surface area contributed by atoms with E-state index in [1.165, 1.54) is 31.4 Å². The number of aromatic nitrogens is 2. The molecule has 6 nitrogen and oxygen atoms in total. The molecule has 0 radical (unpaired) electrons. The van der Waals surface area contributed by atoms with Crippen LogP contribution in [0, 0.1) is 5.82 Å². The lowest BCUT2D eigenvalue weighted by molar-refractivity contribution is -0.143. The molecule has 0 saturated heterocycles. The summed E-state index contributed by atoms with van der Waals surface area (Å²) in [7, 11) is 1.38. The van der Waals surface area contributed by atoms with Gasteiger partial charge in [-0.2, -0.15) is 0 Å². The maximum atomic E-state index is 13.6. The summed E-state index contributed by atoms with van der Waals surface area (Å²) in [6.07, 6.45) is 1.92. The van der Waals surface area contributed by atoms with Gasteiger partial charge >= 0.3 is 5.97 Å². The van der Waals surface area contributed by atoms with Crippen molar-refractivity contribution in [1.29, 1.82) is 0 Å². The third-order valence-corrected chi connectivity index (χ3v) is 3.69. The van der Waals surface area contributed by atoms with E-state index < -0.39 is 17.9 Å². The lowest BCUT2D eigenvalue weighted by Crippen LogP contribution is -2.06. The highest BCUT2D eigenvalue weighted by Gasteiger charge is 2.18. The van der Waals surface area contributed by atoms with E-state index in [-0.39, 0.29) is 11.6 Å². The first-order chi connectivity index (χ1) is 13.1. The summed E-state index contributed by atoms with van der Waals surface area (Å²) < 4.78 is 29.3. The normalized spacial score (nSPS) is 12.1. The molecular weight excluding hydrogens is 351 g/mol. The van der Waals surface area contributed by atoms with E-state index in [1.54, 1.807) is 13.0 Å². The standard InChI is InChI=1S/C20H17FN2O4/c1-13(19-22-23-20(27-19)15-6-4-3-5-7-15)26-18(24)11-9-14-8-10-17(25-2)16(21)12-14/h3-13H,1-2H3/b11-9+/t13-/m1/s1.